The standard InChI is InChI=1S/C12H9N3.HIO4/c13-10-7-8-3-1-5-14-11(8)12-9(10)4-2-6-15-12;2-1(3,4)5/h1-7H,13H2;2H. The van der Waals surface area contributed by atoms with Gasteiger partial charge in [-0.3, -0.25) is 20.3 Å². The fourth-order valence-electron chi connectivity index (χ4n) is 1.80. The summed E-state index contributed by atoms with van der Waals surface area (Å²) in [4.78, 5) is 8.66. The van der Waals surface area contributed by atoms with Gasteiger partial charge in [0.05, 0.1) is 11.0 Å². The second-order valence-corrected chi connectivity index (χ2v) is 6.10. The van der Waals surface area contributed by atoms with Crippen LogP contribution in [-0.2, 0) is 0 Å². The third kappa shape index (κ3) is 3.71. The van der Waals surface area contributed by atoms with Crippen molar-refractivity contribution in [2.24, 2.45) is 0 Å². The summed E-state index contributed by atoms with van der Waals surface area (Å²) < 4.78 is 33.2. The Labute approximate surface area is 120 Å². The number of aromatic nitrogens is 2. The molecule has 0 aliphatic carbocycles. The van der Waals surface area contributed by atoms with E-state index in [2.05, 4.69) is 9.97 Å². The summed E-state index contributed by atoms with van der Waals surface area (Å²) >= 11 is -5.69. The Hall–Kier alpha value is -1.59. The lowest BCUT2D eigenvalue weighted by molar-refractivity contribution is -1.92. The lowest BCUT2D eigenvalue weighted by Crippen LogP contribution is -4.23. The van der Waals surface area contributed by atoms with Crippen LogP contribution in [0.1, 0.15) is 0 Å². The van der Waals surface area contributed by atoms with E-state index >= 15 is 0 Å². The second-order valence-electron chi connectivity index (χ2n) is 3.84. The predicted molar refractivity (Wildman–Crippen MR) is 63.7 cm³/mol. The summed E-state index contributed by atoms with van der Waals surface area (Å²) in [7, 11) is 0. The van der Waals surface area contributed by atoms with Crippen molar-refractivity contribution < 1.29 is 33.8 Å². The zero-order valence-corrected chi connectivity index (χ0v) is 12.2. The first kappa shape index (κ1) is 14.8. The smallest absolute Gasteiger partial charge is 0.368 e. The highest BCUT2D eigenvalue weighted by molar-refractivity contribution is 6.08. The Morgan fingerprint density at radius 1 is 1.00 bits per heavy atom. The van der Waals surface area contributed by atoms with Crippen LogP contribution in [0.5, 0.6) is 0 Å². The predicted octanol–water partition coefficient (Wildman–Crippen LogP) is -4.75. The molecule has 0 amide bonds. The van der Waals surface area contributed by atoms with Gasteiger partial charge in [-0.05, 0) is 24.3 Å². The van der Waals surface area contributed by atoms with Crippen LogP contribution in [0.25, 0.3) is 21.8 Å². The summed E-state index contributed by atoms with van der Waals surface area (Å²) in [6, 6.07) is 9.68. The quantitative estimate of drug-likeness (QED) is 0.224. The lowest BCUT2D eigenvalue weighted by atomic mass is 10.1. The van der Waals surface area contributed by atoms with Crippen LogP contribution in [0.2, 0.25) is 0 Å². The number of nitrogens with zero attached hydrogens (tertiary/aromatic N) is 2. The van der Waals surface area contributed by atoms with Gasteiger partial charge in [-0.1, -0.05) is 6.07 Å². The molecule has 3 rings (SSSR count). The molecule has 3 aromatic rings. The summed E-state index contributed by atoms with van der Waals surface area (Å²) in [6.07, 6.45) is 3.53. The van der Waals surface area contributed by atoms with Gasteiger partial charge in [0.1, 0.15) is 0 Å². The van der Waals surface area contributed by atoms with Gasteiger partial charge in [-0.2, -0.15) is 0 Å². The highest BCUT2D eigenvalue weighted by Gasteiger charge is 2.11. The van der Waals surface area contributed by atoms with Crippen molar-refractivity contribution in [3.63, 3.8) is 0 Å². The van der Waals surface area contributed by atoms with E-state index in [4.69, 9.17) is 19.5 Å². The Bertz CT molecular complexity index is 739. The number of rotatable bonds is 0. The summed E-state index contributed by atoms with van der Waals surface area (Å²) in [5.41, 5.74) is 8.48. The number of anilines is 1. The molecule has 8 heteroatoms. The molecule has 3 N–H and O–H groups in total. The Balaban J connectivity index is 0.000000257. The maximum Gasteiger partial charge on any atom is 0.368 e. The van der Waals surface area contributed by atoms with E-state index in [1.54, 1.807) is 12.4 Å². The van der Waals surface area contributed by atoms with Crippen LogP contribution in [0, 0.1) is 0 Å². The maximum atomic E-state index is 8.73. The van der Waals surface area contributed by atoms with E-state index in [1.165, 1.54) is 0 Å². The molecule has 0 atom stereocenters. The minimum absolute atomic E-state index is 0.749. The monoisotopic (exact) mass is 387 g/mol. The Morgan fingerprint density at radius 2 is 1.55 bits per heavy atom. The first-order chi connectivity index (χ1) is 9.36. The number of nitrogen functional groups attached to an aromatic ring is 1. The van der Waals surface area contributed by atoms with Crippen LogP contribution in [0.15, 0.2) is 42.7 Å². The number of hydrogen-bond donors (Lipinski definition) is 2. The zero-order chi connectivity index (χ0) is 14.8. The van der Waals surface area contributed by atoms with Crippen molar-refractivity contribution in [2.45, 2.75) is 0 Å². The third-order valence-electron chi connectivity index (χ3n) is 2.49. The first-order valence-electron chi connectivity index (χ1n) is 5.37. The molecule has 0 radical (unpaired) electrons. The molecule has 0 spiro atoms. The number of pyridine rings is 2. The Kier molecular flexibility index (Phi) is 4.30. The van der Waals surface area contributed by atoms with Crippen LogP contribution >= 0.6 is 0 Å². The van der Waals surface area contributed by atoms with E-state index < -0.39 is 20.1 Å². The summed E-state index contributed by atoms with van der Waals surface area (Å²) in [5, 5.41) is 1.99. The van der Waals surface area contributed by atoms with Gasteiger partial charge in [-0.15, -0.1) is 0 Å². The van der Waals surface area contributed by atoms with E-state index in [9.17, 15) is 0 Å². The van der Waals surface area contributed by atoms with Crippen LogP contribution < -0.4 is 36.1 Å². The van der Waals surface area contributed by atoms with Gasteiger partial charge >= 0.3 is 20.1 Å². The number of halogens is 1. The first-order valence-corrected chi connectivity index (χ1v) is 8.98. The lowest BCUT2D eigenvalue weighted by Gasteiger charge is -2.04. The summed E-state index contributed by atoms with van der Waals surface area (Å²) in [5.74, 6) is 0. The molecule has 1 aromatic carbocycles. The zero-order valence-electron chi connectivity index (χ0n) is 10.1. The number of hydrogen-bond acceptors (Lipinski definition) is 7. The third-order valence-corrected chi connectivity index (χ3v) is 2.49. The highest BCUT2D eigenvalue weighted by Crippen LogP contribution is 2.26. The molecule has 0 saturated carbocycles. The molecule has 0 aliphatic rings. The van der Waals surface area contributed by atoms with Crippen molar-refractivity contribution >= 4 is 27.5 Å². The fourth-order valence-corrected chi connectivity index (χ4v) is 1.80. The minimum atomic E-state index is -5.69. The summed E-state index contributed by atoms with van der Waals surface area (Å²) in [6.45, 7) is 0. The number of fused-ring (bicyclic) bond motifs is 3. The van der Waals surface area contributed by atoms with E-state index in [1.807, 2.05) is 30.3 Å². The van der Waals surface area contributed by atoms with E-state index in [-0.39, 0.29) is 0 Å². The van der Waals surface area contributed by atoms with Gasteiger partial charge in [0.25, 0.3) is 0 Å². The molecular formula is C12H10IN3O4. The normalized spacial score (nSPS) is 11.2. The molecule has 20 heavy (non-hydrogen) atoms. The van der Waals surface area contributed by atoms with E-state index in [0.717, 1.165) is 27.5 Å². The molecule has 2 heterocycles. The average Bonchev–Trinajstić information content (AvgIpc) is 2.37. The van der Waals surface area contributed by atoms with Crippen molar-refractivity contribution in [3.8, 4) is 0 Å². The van der Waals surface area contributed by atoms with Crippen molar-refractivity contribution in [2.75, 3.05) is 5.73 Å². The largest absolute Gasteiger partial charge is 0.398 e. The van der Waals surface area contributed by atoms with Gasteiger partial charge in [0.15, 0.2) is 0 Å². The van der Waals surface area contributed by atoms with Gasteiger partial charge in [0, 0.05) is 32.3 Å². The van der Waals surface area contributed by atoms with Crippen molar-refractivity contribution in [1.29, 1.82) is 0 Å². The van der Waals surface area contributed by atoms with Crippen LogP contribution in [0.3, 0.4) is 0 Å². The van der Waals surface area contributed by atoms with Crippen LogP contribution in [0.4, 0.5) is 5.69 Å². The highest BCUT2D eigenvalue weighted by atomic mass is 127. The Morgan fingerprint density at radius 3 is 2.20 bits per heavy atom. The second kappa shape index (κ2) is 5.81. The molecule has 104 valence electrons. The van der Waals surface area contributed by atoms with Gasteiger partial charge < -0.3 is 5.73 Å². The maximum absolute atomic E-state index is 8.73. The number of nitrogens with two attached hydrogens (primary N) is 1. The molecule has 7 nitrogen and oxygen atoms in total. The molecule has 0 bridgehead atoms. The van der Waals surface area contributed by atoms with Crippen molar-refractivity contribution in [1.82, 2.24) is 9.97 Å². The average molecular weight is 387 g/mol. The molecule has 2 aromatic heterocycles. The van der Waals surface area contributed by atoms with Crippen molar-refractivity contribution in [3.05, 3.63) is 42.7 Å². The molecule has 0 aliphatic heterocycles. The molecule has 0 fully saturated rings. The van der Waals surface area contributed by atoms with Crippen LogP contribution in [-0.4, -0.2) is 13.4 Å². The van der Waals surface area contributed by atoms with Gasteiger partial charge in [0.2, 0.25) is 0 Å². The SMILES string of the molecule is Nc1cc2cccnc2c2ncccc12.[O-][I+3]([O-])([O-])O. The van der Waals surface area contributed by atoms with E-state index in [0.29, 0.717) is 0 Å². The minimum Gasteiger partial charge on any atom is -0.398 e. The molecule has 0 unspecified atom stereocenters. The fraction of sp³-hybridized carbons (Fsp3) is 0. The number of benzene rings is 1. The molecule has 0 saturated heterocycles. The van der Waals surface area contributed by atoms with Gasteiger partial charge in [-0.25, -0.2) is 0 Å². The molecular weight excluding hydrogens is 377 g/mol. The topological polar surface area (TPSA) is 141 Å².